The number of nitrogens with zero attached hydrogens (tertiary/aromatic N) is 1. The lowest BCUT2D eigenvalue weighted by molar-refractivity contribution is 1.26. The van der Waals surface area contributed by atoms with Crippen molar-refractivity contribution < 1.29 is 0 Å². The summed E-state index contributed by atoms with van der Waals surface area (Å²) in [4.78, 5) is 2.10. The summed E-state index contributed by atoms with van der Waals surface area (Å²) in [5.74, 6) is 0. The van der Waals surface area contributed by atoms with Crippen LogP contribution in [0.1, 0.15) is 16.7 Å². The fraction of sp³-hybridized carbons (Fsp3) is 0.133. The van der Waals surface area contributed by atoms with Gasteiger partial charge in [0.25, 0.3) is 0 Å². The number of para-hydroxylation sites is 1. The van der Waals surface area contributed by atoms with Crippen molar-refractivity contribution in [2.24, 2.45) is 0 Å². The Kier molecular flexibility index (Phi) is 3.59. The Hall–Kier alpha value is -1.92. The lowest BCUT2D eigenvalue weighted by Crippen LogP contribution is -1.93. The minimum absolute atomic E-state index is 0.532. The number of aryl methyl sites for hydroxylation is 2. The summed E-state index contributed by atoms with van der Waals surface area (Å²) in [6.07, 6.45) is 0. The first-order valence-corrected chi connectivity index (χ1v) is 6.47. The Morgan fingerprint density at radius 3 is 2.56 bits per heavy atom. The molecule has 0 bridgehead atoms. The zero-order valence-corrected chi connectivity index (χ0v) is 11.2. The van der Waals surface area contributed by atoms with Crippen molar-refractivity contribution in [1.82, 2.24) is 0 Å². The van der Waals surface area contributed by atoms with Crippen LogP contribution in [-0.4, -0.2) is 0 Å². The number of hydrogen-bond acceptors (Lipinski definition) is 3. The molecule has 3 heteroatoms. The number of nitriles is 1. The Morgan fingerprint density at radius 1 is 1.11 bits per heavy atom. The summed E-state index contributed by atoms with van der Waals surface area (Å²) in [7, 11) is 0. The highest BCUT2D eigenvalue weighted by molar-refractivity contribution is 7.99. The maximum absolute atomic E-state index is 8.96. The van der Waals surface area contributed by atoms with Crippen LogP contribution in [0.5, 0.6) is 0 Å². The average Bonchev–Trinajstić information content (AvgIpc) is 2.35. The molecular formula is C15H14N2S. The van der Waals surface area contributed by atoms with Crippen LogP contribution in [-0.2, 0) is 0 Å². The first-order valence-electron chi connectivity index (χ1n) is 5.65. The molecule has 90 valence electrons. The zero-order chi connectivity index (χ0) is 13.1. The van der Waals surface area contributed by atoms with Gasteiger partial charge in [0.1, 0.15) is 6.07 Å². The van der Waals surface area contributed by atoms with E-state index in [1.807, 2.05) is 12.1 Å². The molecule has 0 unspecified atom stereocenters. The molecule has 0 atom stereocenters. The van der Waals surface area contributed by atoms with E-state index in [1.165, 1.54) is 16.0 Å². The Morgan fingerprint density at radius 2 is 1.89 bits per heavy atom. The summed E-state index contributed by atoms with van der Waals surface area (Å²) in [6.45, 7) is 4.16. The maximum atomic E-state index is 8.96. The van der Waals surface area contributed by atoms with Gasteiger partial charge in [0.2, 0.25) is 0 Å². The van der Waals surface area contributed by atoms with Crippen molar-refractivity contribution >= 4 is 17.4 Å². The minimum Gasteiger partial charge on any atom is -0.397 e. The van der Waals surface area contributed by atoms with Gasteiger partial charge >= 0.3 is 0 Å². The summed E-state index contributed by atoms with van der Waals surface area (Å²) in [5, 5.41) is 8.96. The average molecular weight is 254 g/mol. The van der Waals surface area contributed by atoms with Crippen molar-refractivity contribution in [3.8, 4) is 6.07 Å². The van der Waals surface area contributed by atoms with E-state index >= 15 is 0 Å². The number of anilines is 1. The molecule has 0 aliphatic rings. The fourth-order valence-corrected chi connectivity index (χ4v) is 2.72. The largest absolute Gasteiger partial charge is 0.397 e. The van der Waals surface area contributed by atoms with Gasteiger partial charge in [0.05, 0.1) is 11.3 Å². The van der Waals surface area contributed by atoms with Crippen LogP contribution in [0, 0.1) is 25.2 Å². The fourth-order valence-electron chi connectivity index (χ4n) is 1.76. The van der Waals surface area contributed by atoms with E-state index in [2.05, 4.69) is 38.1 Å². The smallest absolute Gasteiger partial charge is 0.101 e. The van der Waals surface area contributed by atoms with Gasteiger partial charge in [-0.25, -0.2) is 0 Å². The SMILES string of the molecule is Cc1ccc(Sc2cccc(C#N)c2N)c(C)c1. The van der Waals surface area contributed by atoms with E-state index in [9.17, 15) is 0 Å². The third-order valence-electron chi connectivity index (χ3n) is 2.74. The highest BCUT2D eigenvalue weighted by Gasteiger charge is 2.07. The van der Waals surface area contributed by atoms with Gasteiger partial charge in [-0.05, 0) is 37.6 Å². The Bertz CT molecular complexity index is 627. The summed E-state index contributed by atoms with van der Waals surface area (Å²) < 4.78 is 0. The molecule has 2 aromatic rings. The number of benzene rings is 2. The van der Waals surface area contributed by atoms with Crippen LogP contribution in [0.2, 0.25) is 0 Å². The molecule has 2 rings (SSSR count). The van der Waals surface area contributed by atoms with Crippen LogP contribution >= 0.6 is 11.8 Å². The highest BCUT2D eigenvalue weighted by atomic mass is 32.2. The first-order chi connectivity index (χ1) is 8.61. The van der Waals surface area contributed by atoms with Gasteiger partial charge in [-0.1, -0.05) is 35.5 Å². The number of hydrogen-bond donors (Lipinski definition) is 1. The summed E-state index contributed by atoms with van der Waals surface area (Å²) in [5.41, 5.74) is 9.54. The molecular weight excluding hydrogens is 240 g/mol. The molecule has 2 nitrogen and oxygen atoms in total. The molecule has 0 aromatic heterocycles. The summed E-state index contributed by atoms with van der Waals surface area (Å²) in [6, 6.07) is 14.0. The van der Waals surface area contributed by atoms with Gasteiger partial charge in [-0.15, -0.1) is 0 Å². The van der Waals surface area contributed by atoms with Crippen LogP contribution in [0.3, 0.4) is 0 Å². The predicted octanol–water partition coefficient (Wildman–Crippen LogP) is 3.91. The number of rotatable bonds is 2. The third-order valence-corrected chi connectivity index (χ3v) is 3.99. The van der Waals surface area contributed by atoms with Gasteiger partial charge in [0.15, 0.2) is 0 Å². The molecule has 0 fully saturated rings. The molecule has 0 heterocycles. The van der Waals surface area contributed by atoms with Crippen LogP contribution in [0.25, 0.3) is 0 Å². The van der Waals surface area contributed by atoms with E-state index in [4.69, 9.17) is 11.0 Å². The normalized spacial score (nSPS) is 10.1. The monoisotopic (exact) mass is 254 g/mol. The van der Waals surface area contributed by atoms with E-state index in [0.717, 1.165) is 4.90 Å². The van der Waals surface area contributed by atoms with Gasteiger partial charge in [-0.2, -0.15) is 5.26 Å². The molecule has 2 aromatic carbocycles. The second-order valence-corrected chi connectivity index (χ2v) is 5.28. The van der Waals surface area contributed by atoms with E-state index < -0.39 is 0 Å². The summed E-state index contributed by atoms with van der Waals surface area (Å²) >= 11 is 1.60. The minimum atomic E-state index is 0.532. The zero-order valence-electron chi connectivity index (χ0n) is 10.4. The van der Waals surface area contributed by atoms with E-state index in [-0.39, 0.29) is 0 Å². The lowest BCUT2D eigenvalue weighted by Gasteiger charge is -2.09. The molecule has 0 spiro atoms. The molecule has 2 N–H and O–H groups in total. The van der Waals surface area contributed by atoms with Gasteiger partial charge in [-0.3, -0.25) is 0 Å². The second kappa shape index (κ2) is 5.16. The molecule has 0 amide bonds. The quantitative estimate of drug-likeness (QED) is 0.827. The highest BCUT2D eigenvalue weighted by Crippen LogP contribution is 2.35. The topological polar surface area (TPSA) is 49.8 Å². The van der Waals surface area contributed by atoms with Crippen molar-refractivity contribution in [2.45, 2.75) is 23.6 Å². The molecule has 0 aliphatic carbocycles. The molecule has 0 saturated carbocycles. The molecule has 0 saturated heterocycles. The Balaban J connectivity index is 2.38. The maximum Gasteiger partial charge on any atom is 0.101 e. The second-order valence-electron chi connectivity index (χ2n) is 4.20. The van der Waals surface area contributed by atoms with Crippen molar-refractivity contribution in [2.75, 3.05) is 5.73 Å². The van der Waals surface area contributed by atoms with Crippen LogP contribution in [0.4, 0.5) is 5.69 Å². The van der Waals surface area contributed by atoms with E-state index in [1.54, 1.807) is 17.8 Å². The van der Waals surface area contributed by atoms with Crippen LogP contribution in [0.15, 0.2) is 46.2 Å². The lowest BCUT2D eigenvalue weighted by atomic mass is 10.2. The third kappa shape index (κ3) is 2.49. The van der Waals surface area contributed by atoms with Gasteiger partial charge < -0.3 is 5.73 Å². The Labute approximate surface area is 111 Å². The number of nitrogens with two attached hydrogens (primary N) is 1. The standard InChI is InChI=1S/C15H14N2S/c1-10-6-7-13(11(2)8-10)18-14-5-3-4-12(9-16)15(14)17/h3-8H,17H2,1-2H3. The van der Waals surface area contributed by atoms with E-state index in [0.29, 0.717) is 11.3 Å². The molecule has 18 heavy (non-hydrogen) atoms. The van der Waals surface area contributed by atoms with Crippen LogP contribution < -0.4 is 5.73 Å². The molecule has 0 aliphatic heterocycles. The van der Waals surface area contributed by atoms with Crippen molar-refractivity contribution in [1.29, 1.82) is 5.26 Å². The van der Waals surface area contributed by atoms with Crippen molar-refractivity contribution in [3.05, 3.63) is 53.1 Å². The van der Waals surface area contributed by atoms with Crippen molar-refractivity contribution in [3.63, 3.8) is 0 Å². The van der Waals surface area contributed by atoms with Gasteiger partial charge in [0, 0.05) is 9.79 Å². The first kappa shape index (κ1) is 12.5. The number of nitrogen functional groups attached to an aromatic ring is 1. The predicted molar refractivity (Wildman–Crippen MR) is 75.6 cm³/mol. The molecule has 0 radical (unpaired) electrons.